The molecule has 8 nitrogen and oxygen atoms in total. The van der Waals surface area contributed by atoms with Crippen molar-refractivity contribution in [2.75, 3.05) is 18.6 Å². The molecule has 0 radical (unpaired) electrons. The maximum absolute atomic E-state index is 12.7. The van der Waals surface area contributed by atoms with Gasteiger partial charge in [-0.05, 0) is 12.0 Å². The second kappa shape index (κ2) is 9.04. The van der Waals surface area contributed by atoms with Gasteiger partial charge in [-0.3, -0.25) is 4.79 Å². The predicted molar refractivity (Wildman–Crippen MR) is 100 cm³/mol. The maximum Gasteiger partial charge on any atom is 0.333 e. The van der Waals surface area contributed by atoms with E-state index in [0.29, 0.717) is 17.1 Å². The highest BCUT2D eigenvalue weighted by Gasteiger charge is 2.28. The van der Waals surface area contributed by atoms with Crippen LogP contribution < -0.4 is 16.8 Å². The zero-order valence-corrected chi connectivity index (χ0v) is 15.3. The fourth-order valence-electron chi connectivity index (χ4n) is 2.24. The second-order valence-corrected chi connectivity index (χ2v) is 6.56. The van der Waals surface area contributed by atoms with Crippen molar-refractivity contribution in [3.63, 3.8) is 0 Å². The Balaban J connectivity index is 2.16. The summed E-state index contributed by atoms with van der Waals surface area (Å²) >= 11 is 1.14. The third kappa shape index (κ3) is 5.09. The molecule has 2 rings (SSSR count). The number of ether oxygens (including phenoxy) is 1. The molecular formula is C17H21N5O3S. The molecule has 0 aliphatic rings. The lowest BCUT2D eigenvalue weighted by atomic mass is 10.1. The van der Waals surface area contributed by atoms with Gasteiger partial charge in [0.15, 0.2) is 11.2 Å². The molecule has 0 saturated carbocycles. The third-order valence-electron chi connectivity index (χ3n) is 3.51. The monoisotopic (exact) mass is 375 g/mol. The number of nitrogens with one attached hydrogen (secondary N) is 1. The standard InChI is InChI=1S/C17H21N5O3S/c1-3-11(26-17-20-12(18)9-13(19)21-17)15(23)22-14(16(24)25-2)10-7-5-4-6-8-10/h4-9,11,14H,3H2,1-2H3,(H,22,23)(H4,18,19,20,21)/t11-,14-/m0/s1. The number of methoxy groups -OCH3 is 1. The van der Waals surface area contributed by atoms with E-state index in [4.69, 9.17) is 16.2 Å². The van der Waals surface area contributed by atoms with Gasteiger partial charge in [-0.2, -0.15) is 0 Å². The fraction of sp³-hybridized carbons (Fsp3) is 0.294. The number of thioether (sulfide) groups is 1. The fourth-order valence-corrected chi connectivity index (χ4v) is 3.15. The molecule has 2 atom stereocenters. The summed E-state index contributed by atoms with van der Waals surface area (Å²) in [5.74, 6) is -0.422. The lowest BCUT2D eigenvalue weighted by Gasteiger charge is -2.20. The number of carbonyl (C=O) groups excluding carboxylic acids is 2. The molecule has 5 N–H and O–H groups in total. The number of nitrogen functional groups attached to an aromatic ring is 2. The van der Waals surface area contributed by atoms with Gasteiger partial charge in [0, 0.05) is 6.07 Å². The summed E-state index contributed by atoms with van der Waals surface area (Å²) in [5, 5.41) is 2.52. The Morgan fingerprint density at radius 1 is 1.19 bits per heavy atom. The minimum Gasteiger partial charge on any atom is -0.467 e. The molecule has 1 aromatic carbocycles. The average molecular weight is 375 g/mol. The Bertz CT molecular complexity index is 752. The summed E-state index contributed by atoms with van der Waals surface area (Å²) < 4.78 is 4.81. The second-order valence-electron chi connectivity index (χ2n) is 5.39. The highest BCUT2D eigenvalue weighted by Crippen LogP contribution is 2.25. The van der Waals surface area contributed by atoms with Crippen LogP contribution in [-0.4, -0.2) is 34.2 Å². The van der Waals surface area contributed by atoms with E-state index in [1.165, 1.54) is 13.2 Å². The van der Waals surface area contributed by atoms with Gasteiger partial charge in [0.25, 0.3) is 0 Å². The van der Waals surface area contributed by atoms with E-state index in [0.717, 1.165) is 11.8 Å². The Morgan fingerprint density at radius 3 is 2.35 bits per heavy atom. The molecule has 9 heteroatoms. The van der Waals surface area contributed by atoms with Gasteiger partial charge in [-0.15, -0.1) is 0 Å². The number of nitrogens with zero attached hydrogens (tertiary/aromatic N) is 2. The van der Waals surface area contributed by atoms with Crippen LogP contribution in [0, 0.1) is 0 Å². The molecule has 0 aliphatic carbocycles. The SMILES string of the molecule is CC[C@H](Sc1nc(N)cc(N)n1)C(=O)N[C@H](C(=O)OC)c1ccccc1. The van der Waals surface area contributed by atoms with Crippen molar-refractivity contribution in [3.05, 3.63) is 42.0 Å². The van der Waals surface area contributed by atoms with E-state index in [-0.39, 0.29) is 17.5 Å². The van der Waals surface area contributed by atoms with Crippen molar-refractivity contribution < 1.29 is 14.3 Å². The van der Waals surface area contributed by atoms with Gasteiger partial charge in [0.2, 0.25) is 5.91 Å². The van der Waals surface area contributed by atoms with Crippen LogP contribution in [0.25, 0.3) is 0 Å². The number of carbonyl (C=O) groups is 2. The van der Waals surface area contributed by atoms with E-state index in [2.05, 4.69) is 15.3 Å². The van der Waals surface area contributed by atoms with Crippen LogP contribution in [0.1, 0.15) is 24.9 Å². The van der Waals surface area contributed by atoms with Gasteiger partial charge in [0.05, 0.1) is 12.4 Å². The largest absolute Gasteiger partial charge is 0.467 e. The molecule has 1 heterocycles. The minimum atomic E-state index is -0.893. The number of hydrogen-bond acceptors (Lipinski definition) is 8. The first-order valence-corrected chi connectivity index (χ1v) is 8.82. The van der Waals surface area contributed by atoms with Gasteiger partial charge in [-0.1, -0.05) is 49.0 Å². The average Bonchev–Trinajstić information content (AvgIpc) is 2.63. The summed E-state index contributed by atoms with van der Waals surface area (Å²) in [4.78, 5) is 32.9. The van der Waals surface area contributed by atoms with Crippen LogP contribution in [0.5, 0.6) is 0 Å². The highest BCUT2D eigenvalue weighted by atomic mass is 32.2. The summed E-state index contributed by atoms with van der Waals surface area (Å²) in [6.45, 7) is 1.85. The number of anilines is 2. The third-order valence-corrected chi connectivity index (χ3v) is 4.74. The quantitative estimate of drug-likeness (QED) is 0.377. The van der Waals surface area contributed by atoms with Crippen molar-refractivity contribution in [2.24, 2.45) is 0 Å². The minimum absolute atomic E-state index is 0.229. The number of nitrogens with two attached hydrogens (primary N) is 2. The lowest BCUT2D eigenvalue weighted by molar-refractivity contribution is -0.145. The van der Waals surface area contributed by atoms with Crippen molar-refractivity contribution in [1.82, 2.24) is 15.3 Å². The Labute approximate surface area is 155 Å². The number of aromatic nitrogens is 2. The smallest absolute Gasteiger partial charge is 0.333 e. The molecule has 0 aliphatic heterocycles. The molecule has 0 unspecified atom stereocenters. The molecule has 1 aromatic heterocycles. The number of esters is 1. The summed E-state index contributed by atoms with van der Waals surface area (Å²) in [5.41, 5.74) is 12.0. The van der Waals surface area contributed by atoms with E-state index >= 15 is 0 Å². The molecule has 1 amide bonds. The normalized spacial score (nSPS) is 12.8. The molecule has 26 heavy (non-hydrogen) atoms. The summed E-state index contributed by atoms with van der Waals surface area (Å²) in [7, 11) is 1.28. The number of amides is 1. The molecule has 2 aromatic rings. The topological polar surface area (TPSA) is 133 Å². The molecule has 0 spiro atoms. The van der Waals surface area contributed by atoms with E-state index in [1.54, 1.807) is 24.3 Å². The zero-order valence-electron chi connectivity index (χ0n) is 14.5. The van der Waals surface area contributed by atoms with E-state index < -0.39 is 17.3 Å². The van der Waals surface area contributed by atoms with Crippen LogP contribution >= 0.6 is 11.8 Å². The van der Waals surface area contributed by atoms with Crippen molar-refractivity contribution in [3.8, 4) is 0 Å². The predicted octanol–water partition coefficient (Wildman–Crippen LogP) is 1.54. The maximum atomic E-state index is 12.7. The Morgan fingerprint density at radius 2 is 1.81 bits per heavy atom. The van der Waals surface area contributed by atoms with Gasteiger partial charge < -0.3 is 21.5 Å². The van der Waals surface area contributed by atoms with Crippen LogP contribution in [0.2, 0.25) is 0 Å². The van der Waals surface area contributed by atoms with E-state index in [9.17, 15) is 9.59 Å². The lowest BCUT2D eigenvalue weighted by Crippen LogP contribution is -2.39. The Kier molecular flexibility index (Phi) is 6.79. The van der Waals surface area contributed by atoms with E-state index in [1.807, 2.05) is 13.0 Å². The molecule has 0 fully saturated rings. The highest BCUT2D eigenvalue weighted by molar-refractivity contribution is 8.00. The molecule has 0 bridgehead atoms. The van der Waals surface area contributed by atoms with Crippen molar-refractivity contribution >= 4 is 35.3 Å². The number of rotatable bonds is 7. The first kappa shape index (κ1) is 19.5. The molecule has 0 saturated heterocycles. The van der Waals surface area contributed by atoms with Gasteiger partial charge in [-0.25, -0.2) is 14.8 Å². The van der Waals surface area contributed by atoms with Crippen LogP contribution in [0.3, 0.4) is 0 Å². The van der Waals surface area contributed by atoms with Gasteiger partial charge in [0.1, 0.15) is 11.6 Å². The molecular weight excluding hydrogens is 354 g/mol. The zero-order chi connectivity index (χ0) is 19.1. The first-order valence-electron chi connectivity index (χ1n) is 7.94. The Hall–Kier alpha value is -2.81. The van der Waals surface area contributed by atoms with Crippen molar-refractivity contribution in [2.45, 2.75) is 29.8 Å². The van der Waals surface area contributed by atoms with Crippen LogP contribution in [-0.2, 0) is 14.3 Å². The van der Waals surface area contributed by atoms with Crippen LogP contribution in [0.4, 0.5) is 11.6 Å². The van der Waals surface area contributed by atoms with Crippen molar-refractivity contribution in [1.29, 1.82) is 0 Å². The molecule has 138 valence electrons. The van der Waals surface area contributed by atoms with Crippen LogP contribution in [0.15, 0.2) is 41.6 Å². The first-order chi connectivity index (χ1) is 12.4. The summed E-state index contributed by atoms with van der Waals surface area (Å²) in [6, 6.07) is 9.43. The van der Waals surface area contributed by atoms with Gasteiger partial charge >= 0.3 is 5.97 Å². The number of hydrogen-bond donors (Lipinski definition) is 3. The number of benzene rings is 1. The summed E-state index contributed by atoms with van der Waals surface area (Å²) in [6.07, 6.45) is 0.497.